The quantitative estimate of drug-likeness (QED) is 0.216. The maximum atomic E-state index is 13.5. The van der Waals surface area contributed by atoms with E-state index < -0.39 is 30.1 Å². The fraction of sp³-hybridized carbons (Fsp3) is 0.419. The van der Waals surface area contributed by atoms with Crippen LogP contribution in [-0.2, 0) is 27.4 Å². The molecule has 42 heavy (non-hydrogen) atoms. The second-order valence-electron chi connectivity index (χ2n) is 10.4. The molecule has 0 radical (unpaired) electrons. The number of hydrogen-bond acceptors (Lipinski definition) is 8. The summed E-state index contributed by atoms with van der Waals surface area (Å²) in [7, 11) is 1.48. The highest BCUT2D eigenvalue weighted by molar-refractivity contribution is 5.96. The Bertz CT molecular complexity index is 1430. The standard InChI is InChI=1S/C31H37N3O8/c1-3-41-17-26(37)34(10-8-20-14-19-6-4-5-7-23(19)33-20)24-15-22(31(39)32-9-11-35)27-21-12-18(16-36)13-25(40-2)29(21)42-30(27)28(24)38/h4-7,12-15,24,27-28,30,33,35-36,38H,3,8-11,16-17H2,1-2H3,(H,32,39). The number of aliphatic hydroxyl groups is 3. The fourth-order valence-electron chi connectivity index (χ4n) is 5.84. The number of aromatic nitrogens is 1. The summed E-state index contributed by atoms with van der Waals surface area (Å²) in [5.41, 5.74) is 3.35. The minimum absolute atomic E-state index is 0.0296. The van der Waals surface area contributed by atoms with Crippen molar-refractivity contribution < 1.29 is 39.1 Å². The number of ether oxygens (including phenoxy) is 3. The number of methoxy groups -OCH3 is 1. The molecule has 2 heterocycles. The van der Waals surface area contributed by atoms with Gasteiger partial charge in [0.25, 0.3) is 0 Å². The summed E-state index contributed by atoms with van der Waals surface area (Å²) in [4.78, 5) is 31.9. The predicted molar refractivity (Wildman–Crippen MR) is 154 cm³/mol. The molecule has 2 aliphatic rings. The summed E-state index contributed by atoms with van der Waals surface area (Å²) in [6.45, 7) is 1.72. The van der Waals surface area contributed by atoms with Gasteiger partial charge in [-0.1, -0.05) is 18.2 Å². The van der Waals surface area contributed by atoms with E-state index in [0.717, 1.165) is 16.6 Å². The average Bonchev–Trinajstić information content (AvgIpc) is 3.61. The lowest BCUT2D eigenvalue weighted by Gasteiger charge is -2.40. The number of benzene rings is 2. The minimum atomic E-state index is -1.20. The minimum Gasteiger partial charge on any atom is -0.493 e. The van der Waals surface area contributed by atoms with Gasteiger partial charge < -0.3 is 44.7 Å². The number of para-hydroxylation sites is 1. The number of aliphatic hydroxyl groups excluding tert-OH is 3. The summed E-state index contributed by atoms with van der Waals surface area (Å²) < 4.78 is 17.2. The van der Waals surface area contributed by atoms with Crippen molar-refractivity contribution in [2.75, 3.05) is 40.0 Å². The van der Waals surface area contributed by atoms with Crippen molar-refractivity contribution in [2.24, 2.45) is 0 Å². The van der Waals surface area contributed by atoms with E-state index in [1.807, 2.05) is 30.3 Å². The Morgan fingerprint density at radius 1 is 1.17 bits per heavy atom. The third kappa shape index (κ3) is 5.73. The van der Waals surface area contributed by atoms with Crippen molar-refractivity contribution in [3.8, 4) is 11.5 Å². The number of amides is 2. The van der Waals surface area contributed by atoms with Crippen LogP contribution >= 0.6 is 0 Å². The Kier molecular flexibility index (Phi) is 9.12. The number of carbonyl (C=O) groups is 2. The van der Waals surface area contributed by atoms with Crippen LogP contribution in [0.3, 0.4) is 0 Å². The number of H-pyrrole nitrogens is 1. The number of carbonyl (C=O) groups excluding carboxylic acids is 2. The van der Waals surface area contributed by atoms with Crippen molar-refractivity contribution in [1.82, 2.24) is 15.2 Å². The SMILES string of the molecule is CCOCC(=O)N(CCc1cc2ccccc2[nH]1)C1C=C(C(=O)NCCO)C2c3cc(CO)cc(OC)c3OC2C1O. The molecule has 11 heteroatoms. The lowest BCUT2D eigenvalue weighted by Crippen LogP contribution is -2.56. The third-order valence-electron chi connectivity index (χ3n) is 7.81. The van der Waals surface area contributed by atoms with Gasteiger partial charge in [0, 0.05) is 48.5 Å². The Balaban J connectivity index is 1.53. The van der Waals surface area contributed by atoms with Gasteiger partial charge in [-0.2, -0.15) is 0 Å². The number of fused-ring (bicyclic) bond motifs is 4. The lowest BCUT2D eigenvalue weighted by molar-refractivity contribution is -0.141. The van der Waals surface area contributed by atoms with E-state index in [2.05, 4.69) is 10.3 Å². The largest absolute Gasteiger partial charge is 0.493 e. The van der Waals surface area contributed by atoms with E-state index in [1.54, 1.807) is 25.1 Å². The second kappa shape index (κ2) is 13.0. The molecular weight excluding hydrogens is 542 g/mol. The summed E-state index contributed by atoms with van der Waals surface area (Å²) in [6, 6.07) is 12.4. The van der Waals surface area contributed by atoms with E-state index in [1.165, 1.54) is 12.0 Å². The molecule has 2 amide bonds. The molecule has 224 valence electrons. The smallest absolute Gasteiger partial charge is 0.249 e. The number of rotatable bonds is 12. The average molecular weight is 580 g/mol. The first-order chi connectivity index (χ1) is 20.4. The molecule has 0 saturated carbocycles. The van der Waals surface area contributed by atoms with Crippen LogP contribution < -0.4 is 14.8 Å². The molecule has 0 spiro atoms. The van der Waals surface area contributed by atoms with Gasteiger partial charge in [-0.05, 0) is 48.2 Å². The van der Waals surface area contributed by atoms with E-state index in [-0.39, 0.29) is 38.8 Å². The van der Waals surface area contributed by atoms with E-state index in [9.17, 15) is 24.9 Å². The zero-order valence-electron chi connectivity index (χ0n) is 23.7. The topological polar surface area (TPSA) is 154 Å². The van der Waals surface area contributed by atoms with Crippen molar-refractivity contribution in [2.45, 2.75) is 44.1 Å². The van der Waals surface area contributed by atoms with Gasteiger partial charge in [0.1, 0.15) is 18.8 Å². The van der Waals surface area contributed by atoms with Crippen LogP contribution in [0.15, 0.2) is 54.1 Å². The molecule has 11 nitrogen and oxygen atoms in total. The van der Waals surface area contributed by atoms with Gasteiger partial charge >= 0.3 is 0 Å². The van der Waals surface area contributed by atoms with E-state index >= 15 is 0 Å². The highest BCUT2D eigenvalue weighted by Crippen LogP contribution is 2.51. The Morgan fingerprint density at radius 3 is 2.69 bits per heavy atom. The number of nitrogens with one attached hydrogen (secondary N) is 2. The maximum absolute atomic E-state index is 13.5. The molecule has 1 aromatic heterocycles. The van der Waals surface area contributed by atoms with Crippen molar-refractivity contribution in [3.05, 3.63) is 70.9 Å². The second-order valence-corrected chi connectivity index (χ2v) is 10.4. The lowest BCUT2D eigenvalue weighted by atomic mass is 9.77. The summed E-state index contributed by atoms with van der Waals surface area (Å²) in [6.07, 6.45) is -0.0293. The van der Waals surface area contributed by atoms with Crippen molar-refractivity contribution >= 4 is 22.7 Å². The molecule has 5 N–H and O–H groups in total. The zero-order chi connectivity index (χ0) is 29.8. The highest BCUT2D eigenvalue weighted by atomic mass is 16.5. The normalized spacial score (nSPS) is 20.8. The summed E-state index contributed by atoms with van der Waals surface area (Å²) >= 11 is 0. The van der Waals surface area contributed by atoms with Crippen molar-refractivity contribution in [3.63, 3.8) is 0 Å². The van der Waals surface area contributed by atoms with Crippen LogP contribution in [0.5, 0.6) is 11.5 Å². The van der Waals surface area contributed by atoms with Crippen LogP contribution in [0.2, 0.25) is 0 Å². The number of hydrogen-bond donors (Lipinski definition) is 5. The fourth-order valence-corrected chi connectivity index (χ4v) is 5.84. The van der Waals surface area contributed by atoms with Gasteiger partial charge in [0.2, 0.25) is 11.8 Å². The molecule has 2 aromatic carbocycles. The van der Waals surface area contributed by atoms with Crippen LogP contribution in [0.4, 0.5) is 0 Å². The third-order valence-corrected chi connectivity index (χ3v) is 7.81. The molecule has 1 aliphatic heterocycles. The molecule has 4 unspecified atom stereocenters. The molecule has 5 rings (SSSR count). The van der Waals surface area contributed by atoms with Gasteiger partial charge in [-0.15, -0.1) is 0 Å². The summed E-state index contributed by atoms with van der Waals surface area (Å²) in [5, 5.41) is 34.7. The van der Waals surface area contributed by atoms with Crippen LogP contribution in [0.1, 0.15) is 29.7 Å². The van der Waals surface area contributed by atoms with Crippen LogP contribution in [0.25, 0.3) is 10.9 Å². The van der Waals surface area contributed by atoms with Gasteiger partial charge in [0.15, 0.2) is 11.5 Å². The van der Waals surface area contributed by atoms with Gasteiger partial charge in [-0.25, -0.2) is 0 Å². The Labute approximate surface area is 243 Å². The van der Waals surface area contributed by atoms with Crippen molar-refractivity contribution in [1.29, 1.82) is 0 Å². The first-order valence-corrected chi connectivity index (χ1v) is 14.1. The molecule has 0 saturated heterocycles. The van der Waals surface area contributed by atoms with Crippen LogP contribution in [-0.4, -0.2) is 95.3 Å². The van der Waals surface area contributed by atoms with Crippen LogP contribution in [0, 0.1) is 0 Å². The Morgan fingerprint density at radius 2 is 1.98 bits per heavy atom. The first kappa shape index (κ1) is 29.6. The Hall–Kier alpha value is -3.90. The molecule has 4 atom stereocenters. The predicted octanol–water partition coefficient (Wildman–Crippen LogP) is 1.40. The monoisotopic (exact) mass is 579 g/mol. The first-order valence-electron chi connectivity index (χ1n) is 14.1. The highest BCUT2D eigenvalue weighted by Gasteiger charge is 2.51. The summed E-state index contributed by atoms with van der Waals surface area (Å²) in [5.74, 6) is -0.739. The molecule has 0 bridgehead atoms. The molecule has 1 aliphatic carbocycles. The number of aromatic amines is 1. The molecular formula is C31H37N3O8. The van der Waals surface area contributed by atoms with Gasteiger partial charge in [-0.3, -0.25) is 9.59 Å². The molecule has 0 fully saturated rings. The number of nitrogens with zero attached hydrogens (tertiary/aromatic N) is 1. The zero-order valence-corrected chi connectivity index (χ0v) is 23.7. The van der Waals surface area contributed by atoms with E-state index in [0.29, 0.717) is 41.2 Å². The maximum Gasteiger partial charge on any atom is 0.249 e. The van der Waals surface area contributed by atoms with Gasteiger partial charge in [0.05, 0.1) is 32.3 Å². The van der Waals surface area contributed by atoms with E-state index in [4.69, 9.17) is 14.2 Å². The molecule has 3 aromatic rings.